The lowest BCUT2D eigenvalue weighted by Crippen LogP contribution is -2.24. The van der Waals surface area contributed by atoms with Gasteiger partial charge < -0.3 is 9.47 Å². The van der Waals surface area contributed by atoms with E-state index in [1.165, 1.54) is 0 Å². The van der Waals surface area contributed by atoms with E-state index >= 15 is 0 Å². The van der Waals surface area contributed by atoms with Crippen LogP contribution in [0, 0.1) is 13.8 Å². The highest BCUT2D eigenvalue weighted by Crippen LogP contribution is 2.17. The Bertz CT molecular complexity index is 711. The summed E-state index contributed by atoms with van der Waals surface area (Å²) in [6.07, 6.45) is 1.58. The van der Waals surface area contributed by atoms with Gasteiger partial charge in [0.25, 0.3) is 5.91 Å². The molecule has 0 atom stereocenters. The number of carbonyl (C=O) groups excluding carboxylic acids is 1. The van der Waals surface area contributed by atoms with E-state index in [0.29, 0.717) is 5.75 Å². The summed E-state index contributed by atoms with van der Waals surface area (Å²) in [4.78, 5) is 11.7. The topological polar surface area (TPSA) is 59.9 Å². The predicted molar refractivity (Wildman–Crippen MR) is 90.1 cm³/mol. The summed E-state index contributed by atoms with van der Waals surface area (Å²) in [6.45, 7) is 3.83. The van der Waals surface area contributed by atoms with Crippen LogP contribution in [0.4, 0.5) is 0 Å². The van der Waals surface area contributed by atoms with Crippen molar-refractivity contribution in [3.8, 4) is 11.5 Å². The van der Waals surface area contributed by atoms with Crippen LogP contribution in [0.15, 0.2) is 47.6 Å². The summed E-state index contributed by atoms with van der Waals surface area (Å²) in [6, 6.07) is 13.2. The van der Waals surface area contributed by atoms with Crippen molar-refractivity contribution >= 4 is 12.1 Å². The molecule has 0 aromatic heterocycles. The van der Waals surface area contributed by atoms with Gasteiger partial charge in [0.1, 0.15) is 11.5 Å². The Labute approximate surface area is 135 Å². The fraction of sp³-hybridized carbons (Fsp3) is 0.222. The number of amides is 1. The Morgan fingerprint density at radius 2 is 2.04 bits per heavy atom. The summed E-state index contributed by atoms with van der Waals surface area (Å²) in [5, 5.41) is 3.92. The van der Waals surface area contributed by atoms with Gasteiger partial charge in [0.15, 0.2) is 6.61 Å². The van der Waals surface area contributed by atoms with Gasteiger partial charge in [-0.2, -0.15) is 5.10 Å². The van der Waals surface area contributed by atoms with E-state index in [1.807, 2.05) is 56.3 Å². The van der Waals surface area contributed by atoms with Crippen molar-refractivity contribution in [3.63, 3.8) is 0 Å². The highest BCUT2D eigenvalue weighted by molar-refractivity contribution is 5.83. The molecule has 0 spiro atoms. The molecule has 0 radical (unpaired) electrons. The van der Waals surface area contributed by atoms with Crippen LogP contribution in [0.3, 0.4) is 0 Å². The van der Waals surface area contributed by atoms with Crippen molar-refractivity contribution in [3.05, 3.63) is 59.2 Å². The first-order valence-corrected chi connectivity index (χ1v) is 7.24. The molecule has 0 bridgehead atoms. The minimum Gasteiger partial charge on any atom is -0.496 e. The van der Waals surface area contributed by atoms with E-state index < -0.39 is 0 Å². The Balaban J connectivity index is 1.83. The van der Waals surface area contributed by atoms with Gasteiger partial charge in [-0.1, -0.05) is 12.1 Å². The standard InChI is InChI=1S/C18H20N2O3/c1-13-5-4-6-16(9-13)23-12-18(21)20-19-11-15-7-8-17(22-3)14(2)10-15/h4-11H,12H2,1-3H3,(H,20,21). The van der Waals surface area contributed by atoms with Gasteiger partial charge >= 0.3 is 0 Å². The Morgan fingerprint density at radius 1 is 1.22 bits per heavy atom. The molecule has 0 fully saturated rings. The van der Waals surface area contributed by atoms with E-state index in [2.05, 4.69) is 10.5 Å². The van der Waals surface area contributed by atoms with Crippen LogP contribution in [-0.2, 0) is 4.79 Å². The molecule has 2 rings (SSSR count). The van der Waals surface area contributed by atoms with Crippen LogP contribution < -0.4 is 14.9 Å². The molecule has 5 nitrogen and oxygen atoms in total. The van der Waals surface area contributed by atoms with Crippen molar-refractivity contribution in [1.82, 2.24) is 5.43 Å². The molecule has 5 heteroatoms. The number of methoxy groups -OCH3 is 1. The second kappa shape index (κ2) is 7.98. The molecule has 0 aliphatic rings. The van der Waals surface area contributed by atoms with Crippen molar-refractivity contribution in [2.24, 2.45) is 5.10 Å². The third kappa shape index (κ3) is 5.14. The van der Waals surface area contributed by atoms with Crippen molar-refractivity contribution in [2.45, 2.75) is 13.8 Å². The van der Waals surface area contributed by atoms with Gasteiger partial charge in [0.2, 0.25) is 0 Å². The molecular formula is C18H20N2O3. The highest BCUT2D eigenvalue weighted by Gasteiger charge is 2.02. The first-order valence-electron chi connectivity index (χ1n) is 7.24. The van der Waals surface area contributed by atoms with E-state index in [-0.39, 0.29) is 12.5 Å². The van der Waals surface area contributed by atoms with Gasteiger partial charge in [-0.25, -0.2) is 5.43 Å². The Hall–Kier alpha value is -2.82. The lowest BCUT2D eigenvalue weighted by atomic mass is 10.1. The summed E-state index contributed by atoms with van der Waals surface area (Å²) in [5.41, 5.74) is 5.40. The van der Waals surface area contributed by atoms with Crippen LogP contribution in [0.5, 0.6) is 11.5 Å². The lowest BCUT2D eigenvalue weighted by Gasteiger charge is -2.06. The maximum Gasteiger partial charge on any atom is 0.277 e. The van der Waals surface area contributed by atoms with Gasteiger partial charge in [0, 0.05) is 0 Å². The molecule has 2 aromatic carbocycles. The smallest absolute Gasteiger partial charge is 0.277 e. The number of hydrogen-bond acceptors (Lipinski definition) is 4. The maximum absolute atomic E-state index is 11.7. The molecule has 0 aliphatic carbocycles. The van der Waals surface area contributed by atoms with E-state index in [4.69, 9.17) is 9.47 Å². The number of rotatable bonds is 6. The average Bonchev–Trinajstić information content (AvgIpc) is 2.53. The molecule has 1 N–H and O–H groups in total. The van der Waals surface area contributed by atoms with Crippen molar-refractivity contribution in [2.75, 3.05) is 13.7 Å². The molecule has 1 amide bonds. The van der Waals surface area contributed by atoms with Gasteiger partial charge in [0.05, 0.1) is 13.3 Å². The molecule has 120 valence electrons. The number of aryl methyl sites for hydroxylation is 2. The van der Waals surface area contributed by atoms with E-state index in [0.717, 1.165) is 22.4 Å². The Kier molecular flexibility index (Phi) is 5.74. The molecule has 0 unspecified atom stereocenters. The SMILES string of the molecule is COc1ccc(C=NNC(=O)COc2cccc(C)c2)cc1C. The van der Waals surface area contributed by atoms with Gasteiger partial charge in [-0.05, 0) is 60.9 Å². The molecule has 2 aromatic rings. The molecule has 0 saturated carbocycles. The summed E-state index contributed by atoms with van der Waals surface area (Å²) in [5.74, 6) is 1.17. The zero-order chi connectivity index (χ0) is 16.7. The third-order valence-electron chi connectivity index (χ3n) is 3.18. The Morgan fingerprint density at radius 3 is 2.74 bits per heavy atom. The summed E-state index contributed by atoms with van der Waals surface area (Å²) in [7, 11) is 1.63. The minimum absolute atomic E-state index is 0.0809. The first kappa shape index (κ1) is 16.5. The molecule has 0 heterocycles. The van der Waals surface area contributed by atoms with Crippen LogP contribution in [-0.4, -0.2) is 25.8 Å². The van der Waals surface area contributed by atoms with Gasteiger partial charge in [-0.3, -0.25) is 4.79 Å². The number of benzene rings is 2. The second-order valence-corrected chi connectivity index (χ2v) is 5.13. The monoisotopic (exact) mass is 312 g/mol. The summed E-state index contributed by atoms with van der Waals surface area (Å²) < 4.78 is 10.6. The average molecular weight is 312 g/mol. The predicted octanol–water partition coefficient (Wildman–Crippen LogP) is 2.84. The van der Waals surface area contributed by atoms with Crippen molar-refractivity contribution in [1.29, 1.82) is 0 Å². The fourth-order valence-electron chi connectivity index (χ4n) is 2.05. The van der Waals surface area contributed by atoms with Crippen LogP contribution in [0.1, 0.15) is 16.7 Å². The van der Waals surface area contributed by atoms with E-state index in [9.17, 15) is 4.79 Å². The molecule has 0 aliphatic heterocycles. The number of nitrogens with zero attached hydrogens (tertiary/aromatic N) is 1. The number of carbonyl (C=O) groups is 1. The number of nitrogens with one attached hydrogen (secondary N) is 1. The minimum atomic E-state index is -0.312. The normalized spacial score (nSPS) is 10.6. The lowest BCUT2D eigenvalue weighted by molar-refractivity contribution is -0.123. The summed E-state index contributed by atoms with van der Waals surface area (Å²) >= 11 is 0. The fourth-order valence-corrected chi connectivity index (χ4v) is 2.05. The zero-order valence-electron chi connectivity index (χ0n) is 13.5. The number of hydrogen-bond donors (Lipinski definition) is 1. The maximum atomic E-state index is 11.7. The van der Waals surface area contributed by atoms with Crippen LogP contribution in [0.25, 0.3) is 0 Å². The highest BCUT2D eigenvalue weighted by atomic mass is 16.5. The third-order valence-corrected chi connectivity index (χ3v) is 3.18. The van der Waals surface area contributed by atoms with E-state index in [1.54, 1.807) is 13.3 Å². The molecule has 23 heavy (non-hydrogen) atoms. The van der Waals surface area contributed by atoms with Crippen molar-refractivity contribution < 1.29 is 14.3 Å². The van der Waals surface area contributed by atoms with Gasteiger partial charge in [-0.15, -0.1) is 0 Å². The second-order valence-electron chi connectivity index (χ2n) is 5.13. The largest absolute Gasteiger partial charge is 0.496 e. The number of hydrazone groups is 1. The zero-order valence-corrected chi connectivity index (χ0v) is 13.5. The first-order chi connectivity index (χ1) is 11.1. The molecular weight excluding hydrogens is 292 g/mol. The molecule has 0 saturated heterocycles. The number of ether oxygens (including phenoxy) is 2. The quantitative estimate of drug-likeness (QED) is 0.659. The van der Waals surface area contributed by atoms with Crippen LogP contribution in [0.2, 0.25) is 0 Å². The van der Waals surface area contributed by atoms with Crippen LogP contribution >= 0.6 is 0 Å².